The van der Waals surface area contributed by atoms with Crippen molar-refractivity contribution in [2.75, 3.05) is 54.6 Å². The Morgan fingerprint density at radius 1 is 1.23 bits per heavy atom. The summed E-state index contributed by atoms with van der Waals surface area (Å²) >= 11 is 0. The van der Waals surface area contributed by atoms with Gasteiger partial charge in [0, 0.05) is 46.8 Å². The van der Waals surface area contributed by atoms with Crippen LogP contribution in [0, 0.1) is 6.92 Å². The molecule has 4 rings (SSSR count). The number of nitrogens with one attached hydrogen (secondary N) is 1. The number of hydrogen-bond donors (Lipinski definition) is 2. The van der Waals surface area contributed by atoms with E-state index in [-0.39, 0.29) is 18.0 Å². The van der Waals surface area contributed by atoms with Gasteiger partial charge in [-0.1, -0.05) is 0 Å². The van der Waals surface area contributed by atoms with Crippen LogP contribution in [0.25, 0.3) is 11.0 Å². The molecule has 0 aliphatic carbocycles. The number of hydrogen-bond acceptors (Lipinski definition) is 8. The van der Waals surface area contributed by atoms with Crippen LogP contribution in [0.1, 0.15) is 12.6 Å². The number of nitrogens with two attached hydrogens (primary N) is 1. The van der Waals surface area contributed by atoms with Crippen molar-refractivity contribution in [3.8, 4) is 0 Å². The number of aryl methyl sites for hydroxylation is 2. The highest BCUT2D eigenvalue weighted by Crippen LogP contribution is 2.27. The van der Waals surface area contributed by atoms with Crippen molar-refractivity contribution in [3.05, 3.63) is 24.0 Å². The number of anilines is 4. The summed E-state index contributed by atoms with van der Waals surface area (Å²) in [5.41, 5.74) is 8.12. The second-order valence-electron chi connectivity index (χ2n) is 8.03. The number of carbonyl (C=O) groups is 1. The molecule has 0 bridgehead atoms. The van der Waals surface area contributed by atoms with Crippen LogP contribution in [0.3, 0.4) is 0 Å². The maximum Gasteiger partial charge on any atom is 0.322 e. The highest BCUT2D eigenvalue weighted by molar-refractivity contribution is 5.91. The van der Waals surface area contributed by atoms with Gasteiger partial charge in [-0.2, -0.15) is 15.1 Å². The molecule has 0 aromatic carbocycles. The number of urea groups is 1. The number of fused-ring (bicyclic) bond motifs is 1. The molecule has 1 atom stereocenters. The lowest BCUT2D eigenvalue weighted by molar-refractivity contribution is 0.200. The average Bonchev–Trinajstić information content (AvgIpc) is 3.09. The van der Waals surface area contributed by atoms with Gasteiger partial charge in [-0.25, -0.2) is 9.78 Å². The first-order valence-corrected chi connectivity index (χ1v) is 10.2. The monoisotopic (exact) mass is 424 g/mol. The summed E-state index contributed by atoms with van der Waals surface area (Å²) in [6.07, 6.45) is 1.75. The van der Waals surface area contributed by atoms with Crippen molar-refractivity contribution >= 4 is 40.3 Å². The number of nitrogen functional groups attached to an aromatic ring is 1. The molecule has 11 nitrogen and oxygen atoms in total. The maximum atomic E-state index is 12.9. The van der Waals surface area contributed by atoms with Crippen molar-refractivity contribution in [2.24, 2.45) is 7.05 Å². The molecular formula is C20H28N10O. The van der Waals surface area contributed by atoms with Gasteiger partial charge in [0.2, 0.25) is 5.95 Å². The lowest BCUT2D eigenvalue weighted by Crippen LogP contribution is -2.55. The Morgan fingerprint density at radius 3 is 2.68 bits per heavy atom. The predicted molar refractivity (Wildman–Crippen MR) is 121 cm³/mol. The average molecular weight is 425 g/mol. The van der Waals surface area contributed by atoms with E-state index in [1.807, 2.05) is 50.0 Å². The fourth-order valence-electron chi connectivity index (χ4n) is 3.82. The van der Waals surface area contributed by atoms with E-state index < -0.39 is 0 Å². The molecule has 11 heteroatoms. The first kappa shape index (κ1) is 20.6. The normalized spacial score (nSPS) is 16.6. The zero-order chi connectivity index (χ0) is 22.3. The molecule has 0 unspecified atom stereocenters. The number of aromatic nitrogens is 5. The molecule has 1 aliphatic rings. The fourth-order valence-corrected chi connectivity index (χ4v) is 3.82. The molecule has 3 aromatic rings. The molecule has 3 aromatic heterocycles. The largest absolute Gasteiger partial charge is 0.368 e. The van der Waals surface area contributed by atoms with Crippen molar-refractivity contribution in [1.82, 2.24) is 29.6 Å². The highest BCUT2D eigenvalue weighted by Gasteiger charge is 2.29. The maximum absolute atomic E-state index is 12.9. The summed E-state index contributed by atoms with van der Waals surface area (Å²) < 4.78 is 1.68. The van der Waals surface area contributed by atoms with Gasteiger partial charge >= 0.3 is 6.03 Å². The van der Waals surface area contributed by atoms with E-state index in [1.54, 1.807) is 10.9 Å². The van der Waals surface area contributed by atoms with Crippen LogP contribution in [0.4, 0.5) is 28.1 Å². The number of piperazine rings is 1. The van der Waals surface area contributed by atoms with E-state index >= 15 is 0 Å². The first-order chi connectivity index (χ1) is 14.7. The number of carbonyl (C=O) groups excluding carboxylic acids is 1. The second kappa shape index (κ2) is 7.89. The third-order valence-electron chi connectivity index (χ3n) is 5.55. The third kappa shape index (κ3) is 3.90. The zero-order valence-electron chi connectivity index (χ0n) is 18.5. The number of rotatable bonds is 3. The molecule has 0 spiro atoms. The minimum Gasteiger partial charge on any atom is -0.368 e. The van der Waals surface area contributed by atoms with Crippen molar-refractivity contribution in [1.29, 1.82) is 0 Å². The third-order valence-corrected chi connectivity index (χ3v) is 5.55. The minimum absolute atomic E-state index is 0.0487. The van der Waals surface area contributed by atoms with Gasteiger partial charge in [0.25, 0.3) is 0 Å². The Morgan fingerprint density at radius 2 is 2.00 bits per heavy atom. The highest BCUT2D eigenvalue weighted by atomic mass is 16.2. The Bertz CT molecular complexity index is 1120. The van der Waals surface area contributed by atoms with E-state index in [2.05, 4.69) is 37.2 Å². The molecule has 1 aliphatic heterocycles. The van der Waals surface area contributed by atoms with Crippen LogP contribution in [0.15, 0.2) is 18.3 Å². The number of nitrogens with zero attached hydrogens (tertiary/aromatic N) is 8. The molecule has 31 heavy (non-hydrogen) atoms. The first-order valence-electron chi connectivity index (χ1n) is 10.2. The summed E-state index contributed by atoms with van der Waals surface area (Å²) in [6.45, 7) is 5.70. The summed E-state index contributed by atoms with van der Waals surface area (Å²) in [5, 5.41) is 8.12. The minimum atomic E-state index is -0.136. The van der Waals surface area contributed by atoms with Crippen LogP contribution in [-0.4, -0.2) is 75.4 Å². The fraction of sp³-hybridized carbons (Fsp3) is 0.450. The number of amides is 2. The predicted octanol–water partition coefficient (Wildman–Crippen LogP) is 1.46. The zero-order valence-corrected chi connectivity index (χ0v) is 18.5. The molecular weight excluding hydrogens is 396 g/mol. The summed E-state index contributed by atoms with van der Waals surface area (Å²) in [7, 11) is 5.70. The van der Waals surface area contributed by atoms with Crippen molar-refractivity contribution in [3.63, 3.8) is 0 Å². The van der Waals surface area contributed by atoms with E-state index in [0.717, 1.165) is 22.7 Å². The van der Waals surface area contributed by atoms with Gasteiger partial charge in [-0.15, -0.1) is 0 Å². The van der Waals surface area contributed by atoms with Crippen LogP contribution >= 0.6 is 0 Å². The molecule has 1 saturated heterocycles. The van der Waals surface area contributed by atoms with Gasteiger partial charge in [0.15, 0.2) is 5.65 Å². The summed E-state index contributed by atoms with van der Waals surface area (Å²) in [4.78, 5) is 32.1. The Labute approximate surface area is 180 Å². The SMILES string of the molecule is Cc1nc(N(C)C)ccc1NC(=O)N1CCN(c2nc(N)nc3c2cnn3C)[C@@H](C)C1. The summed E-state index contributed by atoms with van der Waals surface area (Å²) in [5.74, 6) is 1.81. The van der Waals surface area contributed by atoms with Crippen LogP contribution in [0.2, 0.25) is 0 Å². The van der Waals surface area contributed by atoms with Crippen LogP contribution < -0.4 is 20.9 Å². The molecule has 1 fully saturated rings. The van der Waals surface area contributed by atoms with Crippen LogP contribution in [-0.2, 0) is 7.05 Å². The Balaban J connectivity index is 1.48. The molecule has 164 valence electrons. The van der Waals surface area contributed by atoms with E-state index in [4.69, 9.17) is 5.73 Å². The lowest BCUT2D eigenvalue weighted by atomic mass is 10.2. The topological polar surface area (TPSA) is 121 Å². The van der Waals surface area contributed by atoms with Gasteiger partial charge in [0.1, 0.15) is 11.6 Å². The lowest BCUT2D eigenvalue weighted by Gasteiger charge is -2.40. The quantitative estimate of drug-likeness (QED) is 0.648. The molecule has 2 amide bonds. The molecule has 3 N–H and O–H groups in total. The van der Waals surface area contributed by atoms with Crippen molar-refractivity contribution in [2.45, 2.75) is 19.9 Å². The van der Waals surface area contributed by atoms with E-state index in [0.29, 0.717) is 31.0 Å². The van der Waals surface area contributed by atoms with E-state index in [1.165, 1.54) is 0 Å². The number of pyridine rings is 1. The molecule has 4 heterocycles. The van der Waals surface area contributed by atoms with Crippen LogP contribution in [0.5, 0.6) is 0 Å². The van der Waals surface area contributed by atoms with Gasteiger partial charge < -0.3 is 25.8 Å². The van der Waals surface area contributed by atoms with Gasteiger partial charge in [-0.05, 0) is 26.0 Å². The molecule has 0 saturated carbocycles. The Hall–Kier alpha value is -3.63. The summed E-state index contributed by atoms with van der Waals surface area (Å²) in [6, 6.07) is 3.69. The van der Waals surface area contributed by atoms with Crippen molar-refractivity contribution < 1.29 is 4.79 Å². The smallest absolute Gasteiger partial charge is 0.322 e. The Kier molecular flexibility index (Phi) is 5.25. The van der Waals surface area contributed by atoms with Gasteiger partial charge in [-0.3, -0.25) is 4.68 Å². The second-order valence-corrected chi connectivity index (χ2v) is 8.03. The molecule has 0 radical (unpaired) electrons. The standard InChI is InChI=1S/C20H28N10O/c1-12-11-29(20(31)24-15-6-7-16(27(3)4)23-13(15)2)8-9-30(12)18-14-10-22-28(5)17(14)25-19(21)26-18/h6-7,10,12H,8-9,11H2,1-5H3,(H,24,31)(H2,21,25,26)/t12-/m0/s1. The van der Waals surface area contributed by atoms with Gasteiger partial charge in [0.05, 0.1) is 23.0 Å². The van der Waals surface area contributed by atoms with E-state index in [9.17, 15) is 4.79 Å².